The first-order chi connectivity index (χ1) is 11.8. The molecular weight excluding hydrogens is 453 g/mol. The zero-order valence-electron chi connectivity index (χ0n) is 11.8. The average molecular weight is 456 g/mol. The maximum absolute atomic E-state index is 12.6. The molecule has 0 saturated heterocycles. The quantitative estimate of drug-likeness (QED) is 0.376. The van der Waals surface area contributed by atoms with Crippen LogP contribution in [0.3, 0.4) is 0 Å². The van der Waals surface area contributed by atoms with Crippen LogP contribution in [0.4, 0.5) is 26.3 Å². The van der Waals surface area contributed by atoms with Gasteiger partial charge < -0.3 is 9.30 Å². The van der Waals surface area contributed by atoms with Crippen LogP contribution in [0.15, 0.2) is 23.2 Å². The Morgan fingerprint density at radius 1 is 1.04 bits per heavy atom. The Kier molecular flexibility index (Phi) is 5.87. The molecule has 0 amide bonds. The van der Waals surface area contributed by atoms with Crippen molar-refractivity contribution in [2.75, 3.05) is 0 Å². The van der Waals surface area contributed by atoms with Crippen LogP contribution in [0.1, 0.15) is 5.56 Å². The fourth-order valence-electron chi connectivity index (χ4n) is 1.89. The molecule has 2 rings (SSSR count). The average Bonchev–Trinajstić information content (AvgIpc) is 2.70. The topological polar surface area (TPSA) is 38.0 Å². The molecule has 0 saturated carbocycles. The van der Waals surface area contributed by atoms with Gasteiger partial charge in [-0.05, 0) is 11.8 Å². The van der Waals surface area contributed by atoms with Gasteiger partial charge in [-0.1, -0.05) is 34.8 Å². The van der Waals surface area contributed by atoms with Crippen molar-refractivity contribution in [3.63, 3.8) is 0 Å². The highest BCUT2D eigenvalue weighted by Crippen LogP contribution is 2.44. The van der Waals surface area contributed by atoms with E-state index in [9.17, 15) is 26.3 Å². The number of nitrogens with zero attached hydrogens (tertiary/aromatic N) is 2. The molecule has 3 nitrogen and oxygen atoms in total. The minimum absolute atomic E-state index is 0.210. The molecule has 0 bridgehead atoms. The smallest absolute Gasteiger partial charge is 0.406 e. The third kappa shape index (κ3) is 4.85. The molecule has 0 radical (unpaired) electrons. The van der Waals surface area contributed by atoms with Gasteiger partial charge in [-0.15, -0.1) is 13.2 Å². The van der Waals surface area contributed by atoms with E-state index in [1.54, 1.807) is 0 Å². The van der Waals surface area contributed by atoms with Gasteiger partial charge in [0.25, 0.3) is 0 Å². The van der Waals surface area contributed by atoms with Crippen LogP contribution < -0.4 is 4.74 Å². The SMILES string of the molecule is N#Cc1c(SC(F)(F)F)cn(-c2c(Cl)cc(OC(F)(F)F)cc2Cl)c1Cl. The standard InChI is InChI=1S/C13H3Cl3F6N2OS/c14-7-1-5(25-12(17,18)19)2-8(15)10(7)24-4-9(26-13(20,21)22)6(3-23)11(24)16/h1-2,4H. The van der Waals surface area contributed by atoms with Crippen LogP contribution in [0.25, 0.3) is 5.69 Å². The summed E-state index contributed by atoms with van der Waals surface area (Å²) in [4.78, 5) is -0.521. The molecule has 0 unspecified atom stereocenters. The number of ether oxygens (including phenoxy) is 1. The van der Waals surface area contributed by atoms with E-state index < -0.39 is 45.0 Å². The van der Waals surface area contributed by atoms with Crippen LogP contribution in [-0.2, 0) is 0 Å². The van der Waals surface area contributed by atoms with Crippen LogP contribution in [0.5, 0.6) is 5.75 Å². The molecule has 1 aromatic carbocycles. The lowest BCUT2D eigenvalue weighted by Crippen LogP contribution is -2.17. The van der Waals surface area contributed by atoms with Crippen molar-refractivity contribution in [2.24, 2.45) is 0 Å². The fourth-order valence-corrected chi connectivity index (χ4v) is 3.53. The van der Waals surface area contributed by atoms with E-state index in [-0.39, 0.29) is 15.7 Å². The molecule has 0 N–H and O–H groups in total. The molecule has 0 aliphatic carbocycles. The lowest BCUT2D eigenvalue weighted by atomic mass is 10.3. The predicted molar refractivity (Wildman–Crippen MR) is 84.1 cm³/mol. The second-order valence-corrected chi connectivity index (χ2v) is 6.75. The highest BCUT2D eigenvalue weighted by atomic mass is 35.5. The third-order valence-corrected chi connectivity index (χ3v) is 4.42. The van der Waals surface area contributed by atoms with Gasteiger partial charge in [-0.3, -0.25) is 0 Å². The summed E-state index contributed by atoms with van der Waals surface area (Å²) in [5.74, 6) is -0.732. The second-order valence-electron chi connectivity index (χ2n) is 4.47. The van der Waals surface area contributed by atoms with Gasteiger partial charge in [0, 0.05) is 18.3 Å². The molecule has 0 aliphatic heterocycles. The predicted octanol–water partition coefficient (Wildman–Crippen LogP) is 6.82. The number of thioether (sulfide) groups is 1. The van der Waals surface area contributed by atoms with E-state index >= 15 is 0 Å². The van der Waals surface area contributed by atoms with Crippen molar-refractivity contribution >= 4 is 46.6 Å². The summed E-state index contributed by atoms with van der Waals surface area (Å²) in [6.07, 6.45) is -4.14. The zero-order chi connectivity index (χ0) is 19.9. The van der Waals surface area contributed by atoms with Crippen LogP contribution in [0.2, 0.25) is 15.2 Å². The molecule has 1 heterocycles. The first kappa shape index (κ1) is 20.9. The number of halogens is 9. The molecule has 1 aromatic heterocycles. The lowest BCUT2D eigenvalue weighted by Gasteiger charge is -2.14. The van der Waals surface area contributed by atoms with Crippen molar-refractivity contribution in [1.82, 2.24) is 4.57 Å². The summed E-state index contributed by atoms with van der Waals surface area (Å²) in [6, 6.07) is 3.04. The van der Waals surface area contributed by atoms with E-state index in [1.165, 1.54) is 6.07 Å². The molecule has 0 aliphatic rings. The molecule has 0 atom stereocenters. The van der Waals surface area contributed by atoms with Gasteiger partial charge in [0.05, 0.1) is 20.6 Å². The summed E-state index contributed by atoms with van der Waals surface area (Å²) in [6.45, 7) is 0. The third-order valence-electron chi connectivity index (χ3n) is 2.71. The van der Waals surface area contributed by atoms with Gasteiger partial charge in [0.2, 0.25) is 0 Å². The molecular formula is C13H3Cl3F6N2OS. The number of rotatable bonds is 3. The Bertz CT molecular complexity index is 865. The maximum Gasteiger partial charge on any atom is 0.573 e. The number of nitriles is 1. The summed E-state index contributed by atoms with van der Waals surface area (Å²) < 4.78 is 79.2. The summed E-state index contributed by atoms with van der Waals surface area (Å²) in [5, 5.41) is 7.82. The Morgan fingerprint density at radius 3 is 2.00 bits per heavy atom. The molecule has 0 spiro atoms. The largest absolute Gasteiger partial charge is 0.573 e. The number of hydrogen-bond acceptors (Lipinski definition) is 3. The first-order valence-corrected chi connectivity index (χ1v) is 8.09. The van der Waals surface area contributed by atoms with E-state index in [4.69, 9.17) is 40.1 Å². The van der Waals surface area contributed by atoms with Gasteiger partial charge in [0.15, 0.2) is 0 Å². The number of aromatic nitrogens is 1. The zero-order valence-corrected chi connectivity index (χ0v) is 14.9. The first-order valence-electron chi connectivity index (χ1n) is 6.14. The number of benzene rings is 1. The molecule has 2 aromatic rings. The number of hydrogen-bond donors (Lipinski definition) is 0. The van der Waals surface area contributed by atoms with E-state index in [1.807, 2.05) is 0 Å². The monoisotopic (exact) mass is 454 g/mol. The normalized spacial score (nSPS) is 12.2. The van der Waals surface area contributed by atoms with Crippen molar-refractivity contribution in [1.29, 1.82) is 5.26 Å². The van der Waals surface area contributed by atoms with Gasteiger partial charge in [0.1, 0.15) is 22.5 Å². The highest BCUT2D eigenvalue weighted by Gasteiger charge is 2.34. The minimum atomic E-state index is -5.00. The van der Waals surface area contributed by atoms with Gasteiger partial charge in [-0.25, -0.2) is 0 Å². The van der Waals surface area contributed by atoms with E-state index in [0.717, 1.165) is 22.9 Å². The van der Waals surface area contributed by atoms with Gasteiger partial charge in [-0.2, -0.15) is 18.4 Å². The Labute approximate surface area is 161 Å². The van der Waals surface area contributed by atoms with Gasteiger partial charge >= 0.3 is 11.9 Å². The Hall–Kier alpha value is -1.41. The van der Waals surface area contributed by atoms with Crippen LogP contribution in [-0.4, -0.2) is 16.4 Å². The van der Waals surface area contributed by atoms with Crippen molar-refractivity contribution in [3.8, 4) is 17.5 Å². The minimum Gasteiger partial charge on any atom is -0.406 e. The van der Waals surface area contributed by atoms with Crippen molar-refractivity contribution < 1.29 is 31.1 Å². The van der Waals surface area contributed by atoms with Crippen LogP contribution in [0, 0.1) is 11.3 Å². The Morgan fingerprint density at radius 2 is 1.58 bits per heavy atom. The molecule has 13 heteroatoms. The lowest BCUT2D eigenvalue weighted by molar-refractivity contribution is -0.274. The Balaban J connectivity index is 2.57. The molecule has 0 fully saturated rings. The highest BCUT2D eigenvalue weighted by molar-refractivity contribution is 8.00. The molecule has 140 valence electrons. The molecule has 26 heavy (non-hydrogen) atoms. The van der Waals surface area contributed by atoms with E-state index in [2.05, 4.69) is 4.74 Å². The summed E-state index contributed by atoms with van der Waals surface area (Å²) in [7, 11) is 0. The van der Waals surface area contributed by atoms with Crippen molar-refractivity contribution in [2.45, 2.75) is 16.8 Å². The maximum atomic E-state index is 12.6. The number of alkyl halides is 6. The summed E-state index contributed by atoms with van der Waals surface area (Å²) in [5.41, 5.74) is -5.39. The van der Waals surface area contributed by atoms with Crippen molar-refractivity contribution in [3.05, 3.63) is 39.1 Å². The van der Waals surface area contributed by atoms with Crippen LogP contribution >= 0.6 is 46.6 Å². The second kappa shape index (κ2) is 7.31. The summed E-state index contributed by atoms with van der Waals surface area (Å²) >= 11 is 17.1. The fraction of sp³-hybridized carbons (Fsp3) is 0.154. The van der Waals surface area contributed by atoms with E-state index in [0.29, 0.717) is 0 Å².